The first-order valence-corrected chi connectivity index (χ1v) is 10.3. The Morgan fingerprint density at radius 1 is 1.22 bits per heavy atom. The standard InChI is InChI=1S/C19H21N5OS2/c25-18(20-15-5-2-1-3-6-15)14-8-10-23(11-9-14)13-24-19(26)21-17(22-24)16-7-4-12-27-16/h1-7,12,14H,8-11,13H2,(H,20,25)(H,21,22,26). The van der Waals surface area contributed by atoms with Crippen molar-refractivity contribution in [3.05, 3.63) is 52.6 Å². The summed E-state index contributed by atoms with van der Waals surface area (Å²) in [6, 6.07) is 13.7. The van der Waals surface area contributed by atoms with Crippen molar-refractivity contribution in [1.82, 2.24) is 19.7 Å². The molecule has 0 bridgehead atoms. The number of rotatable bonds is 5. The summed E-state index contributed by atoms with van der Waals surface area (Å²) >= 11 is 7.02. The molecule has 2 N–H and O–H groups in total. The predicted molar refractivity (Wildman–Crippen MR) is 110 cm³/mol. The van der Waals surface area contributed by atoms with Gasteiger partial charge in [-0.1, -0.05) is 24.3 Å². The lowest BCUT2D eigenvalue weighted by Gasteiger charge is -2.31. The third kappa shape index (κ3) is 4.35. The normalized spacial score (nSPS) is 15.7. The molecular weight excluding hydrogens is 378 g/mol. The second-order valence-electron chi connectivity index (χ2n) is 6.65. The number of hydrogen-bond donors (Lipinski definition) is 2. The van der Waals surface area contributed by atoms with Gasteiger partial charge in [0.05, 0.1) is 11.5 Å². The lowest BCUT2D eigenvalue weighted by atomic mass is 9.96. The van der Waals surface area contributed by atoms with Crippen molar-refractivity contribution in [2.45, 2.75) is 19.5 Å². The SMILES string of the molecule is O=C(Nc1ccccc1)C1CCN(Cn2[nH]c(-c3cccs3)nc2=S)CC1. The topological polar surface area (TPSA) is 66.0 Å². The van der Waals surface area contributed by atoms with Gasteiger partial charge in [-0.3, -0.25) is 14.8 Å². The molecule has 1 amide bonds. The van der Waals surface area contributed by atoms with Crippen LogP contribution in [0.2, 0.25) is 0 Å². The number of likely N-dealkylation sites (tertiary alicyclic amines) is 1. The van der Waals surface area contributed by atoms with Crippen LogP contribution < -0.4 is 5.32 Å². The van der Waals surface area contributed by atoms with Gasteiger partial charge in [0.25, 0.3) is 0 Å². The second-order valence-corrected chi connectivity index (χ2v) is 7.96. The molecule has 1 aliphatic heterocycles. The summed E-state index contributed by atoms with van der Waals surface area (Å²) in [5.74, 6) is 0.976. The largest absolute Gasteiger partial charge is 0.326 e. The molecule has 0 radical (unpaired) electrons. The van der Waals surface area contributed by atoms with Crippen molar-refractivity contribution < 1.29 is 4.79 Å². The van der Waals surface area contributed by atoms with Crippen LogP contribution in [0.1, 0.15) is 12.8 Å². The minimum atomic E-state index is 0.0536. The molecule has 0 spiro atoms. The Morgan fingerprint density at radius 3 is 2.70 bits per heavy atom. The molecule has 3 aromatic rings. The average molecular weight is 400 g/mol. The van der Waals surface area contributed by atoms with Crippen LogP contribution in [0.25, 0.3) is 10.7 Å². The summed E-state index contributed by atoms with van der Waals surface area (Å²) in [4.78, 5) is 20.3. The minimum Gasteiger partial charge on any atom is -0.326 e. The van der Waals surface area contributed by atoms with Crippen LogP contribution in [0.15, 0.2) is 47.8 Å². The van der Waals surface area contributed by atoms with E-state index in [0.29, 0.717) is 11.4 Å². The van der Waals surface area contributed by atoms with Crippen molar-refractivity contribution in [1.29, 1.82) is 0 Å². The van der Waals surface area contributed by atoms with E-state index in [0.717, 1.165) is 42.3 Å². The molecule has 27 heavy (non-hydrogen) atoms. The number of para-hydroxylation sites is 1. The monoisotopic (exact) mass is 399 g/mol. The van der Waals surface area contributed by atoms with Gasteiger partial charge >= 0.3 is 0 Å². The van der Waals surface area contributed by atoms with Crippen LogP contribution in [0.3, 0.4) is 0 Å². The van der Waals surface area contributed by atoms with E-state index in [9.17, 15) is 4.79 Å². The fraction of sp³-hybridized carbons (Fsp3) is 0.316. The van der Waals surface area contributed by atoms with Crippen LogP contribution in [0.5, 0.6) is 0 Å². The molecule has 2 aromatic heterocycles. The Balaban J connectivity index is 1.32. The number of carbonyl (C=O) groups is 1. The van der Waals surface area contributed by atoms with Crippen LogP contribution >= 0.6 is 23.6 Å². The van der Waals surface area contributed by atoms with E-state index in [1.165, 1.54) is 0 Å². The first-order chi connectivity index (χ1) is 13.2. The Hall–Kier alpha value is -2.29. The Morgan fingerprint density at radius 2 is 2.00 bits per heavy atom. The van der Waals surface area contributed by atoms with Gasteiger partial charge in [-0.2, -0.15) is 4.98 Å². The fourth-order valence-electron chi connectivity index (χ4n) is 3.28. The molecule has 1 aliphatic rings. The van der Waals surface area contributed by atoms with E-state index in [2.05, 4.69) is 20.3 Å². The lowest BCUT2D eigenvalue weighted by molar-refractivity contribution is -0.121. The third-order valence-corrected chi connectivity index (χ3v) is 5.96. The van der Waals surface area contributed by atoms with E-state index in [4.69, 9.17) is 12.2 Å². The summed E-state index contributed by atoms with van der Waals surface area (Å²) < 4.78 is 2.46. The maximum absolute atomic E-state index is 12.5. The number of nitrogens with zero attached hydrogens (tertiary/aromatic N) is 3. The molecule has 1 aromatic carbocycles. The van der Waals surface area contributed by atoms with Crippen LogP contribution in [-0.2, 0) is 11.5 Å². The van der Waals surface area contributed by atoms with Gasteiger partial charge in [-0.05, 0) is 48.6 Å². The molecule has 8 heteroatoms. The number of aromatic nitrogens is 3. The number of amides is 1. The quantitative estimate of drug-likeness (QED) is 0.637. The molecule has 6 nitrogen and oxygen atoms in total. The summed E-state index contributed by atoms with van der Waals surface area (Å²) in [7, 11) is 0. The van der Waals surface area contributed by atoms with Crippen molar-refractivity contribution in [2.75, 3.05) is 18.4 Å². The maximum Gasteiger partial charge on any atom is 0.227 e. The zero-order valence-corrected chi connectivity index (χ0v) is 16.4. The molecule has 140 valence electrons. The van der Waals surface area contributed by atoms with Gasteiger partial charge in [0.2, 0.25) is 10.7 Å². The molecular formula is C19H21N5OS2. The third-order valence-electron chi connectivity index (χ3n) is 4.77. The summed E-state index contributed by atoms with van der Waals surface area (Å²) in [5.41, 5.74) is 0.856. The number of benzene rings is 1. The average Bonchev–Trinajstić information content (AvgIpc) is 3.34. The zero-order valence-electron chi connectivity index (χ0n) is 14.8. The number of thiophene rings is 1. The highest BCUT2D eigenvalue weighted by atomic mass is 32.1. The minimum absolute atomic E-state index is 0.0536. The maximum atomic E-state index is 12.5. The van der Waals surface area contributed by atoms with Gasteiger partial charge in [0.15, 0.2) is 5.82 Å². The van der Waals surface area contributed by atoms with Gasteiger partial charge in [0, 0.05) is 24.7 Å². The number of nitrogens with one attached hydrogen (secondary N) is 2. The second kappa shape index (κ2) is 8.16. The van der Waals surface area contributed by atoms with Crippen LogP contribution in [-0.4, -0.2) is 38.7 Å². The highest BCUT2D eigenvalue weighted by Gasteiger charge is 2.25. The Kier molecular flexibility index (Phi) is 5.47. The van der Waals surface area contributed by atoms with Gasteiger partial charge < -0.3 is 5.32 Å². The molecule has 0 unspecified atom stereocenters. The molecule has 1 fully saturated rings. The van der Waals surface area contributed by atoms with Crippen molar-refractivity contribution in [3.8, 4) is 10.7 Å². The Bertz CT molecular complexity index is 940. The molecule has 3 heterocycles. The van der Waals surface area contributed by atoms with E-state index in [-0.39, 0.29) is 11.8 Å². The smallest absolute Gasteiger partial charge is 0.227 e. The highest BCUT2D eigenvalue weighted by molar-refractivity contribution is 7.71. The van der Waals surface area contributed by atoms with Crippen molar-refractivity contribution in [2.24, 2.45) is 5.92 Å². The van der Waals surface area contributed by atoms with Crippen LogP contribution in [0.4, 0.5) is 5.69 Å². The van der Waals surface area contributed by atoms with Gasteiger partial charge in [-0.15, -0.1) is 11.3 Å². The molecule has 1 saturated heterocycles. The summed E-state index contributed by atoms with van der Waals surface area (Å²) in [5, 5.41) is 8.32. The first kappa shape index (κ1) is 18.1. The van der Waals surface area contributed by atoms with Crippen LogP contribution in [0, 0.1) is 10.7 Å². The van der Waals surface area contributed by atoms with E-state index in [1.807, 2.05) is 52.5 Å². The number of aromatic amines is 1. The van der Waals surface area contributed by atoms with E-state index < -0.39 is 0 Å². The first-order valence-electron chi connectivity index (χ1n) is 8.98. The predicted octanol–water partition coefficient (Wildman–Crippen LogP) is 3.98. The zero-order chi connectivity index (χ0) is 18.6. The summed E-state index contributed by atoms with van der Waals surface area (Å²) in [6.07, 6.45) is 1.69. The van der Waals surface area contributed by atoms with E-state index >= 15 is 0 Å². The number of anilines is 1. The van der Waals surface area contributed by atoms with Crippen molar-refractivity contribution in [3.63, 3.8) is 0 Å². The van der Waals surface area contributed by atoms with Gasteiger partial charge in [-0.25, -0.2) is 4.68 Å². The molecule has 4 rings (SSSR count). The van der Waals surface area contributed by atoms with Crippen molar-refractivity contribution >= 4 is 35.1 Å². The Labute approximate surface area is 166 Å². The molecule has 0 atom stereocenters. The number of carbonyl (C=O) groups excluding carboxylic acids is 1. The number of H-pyrrole nitrogens is 1. The molecule has 0 aliphatic carbocycles. The number of piperidine rings is 1. The number of hydrogen-bond acceptors (Lipinski definition) is 5. The molecule has 0 saturated carbocycles. The lowest BCUT2D eigenvalue weighted by Crippen LogP contribution is -2.39. The fourth-order valence-corrected chi connectivity index (χ4v) is 4.14. The summed E-state index contributed by atoms with van der Waals surface area (Å²) in [6.45, 7) is 2.40. The highest BCUT2D eigenvalue weighted by Crippen LogP contribution is 2.22. The van der Waals surface area contributed by atoms with Gasteiger partial charge in [0.1, 0.15) is 0 Å². The van der Waals surface area contributed by atoms with E-state index in [1.54, 1.807) is 11.3 Å².